The van der Waals surface area contributed by atoms with Gasteiger partial charge in [0.2, 0.25) is 0 Å². The Bertz CT molecular complexity index is 364. The molecule has 0 N–H and O–H groups in total. The van der Waals surface area contributed by atoms with Crippen LogP contribution in [0.1, 0.15) is 5.56 Å². The molecule has 0 fully saturated rings. The summed E-state index contributed by atoms with van der Waals surface area (Å²) in [5.41, 5.74) is 0.984. The maximum Gasteiger partial charge on any atom is 0.507 e. The third-order valence-electron chi connectivity index (χ3n) is 2.28. The van der Waals surface area contributed by atoms with E-state index in [1.54, 1.807) is 7.11 Å². The van der Waals surface area contributed by atoms with Crippen LogP contribution >= 0.6 is 0 Å². The van der Waals surface area contributed by atoms with Gasteiger partial charge in [0, 0.05) is 13.5 Å². The summed E-state index contributed by atoms with van der Waals surface area (Å²) in [5.74, 6) is 0.781. The Morgan fingerprint density at radius 3 is 2.61 bits per heavy atom. The van der Waals surface area contributed by atoms with Gasteiger partial charge in [-0.2, -0.15) is 0 Å². The molecule has 5 nitrogen and oxygen atoms in total. The zero-order valence-electron chi connectivity index (χ0n) is 10.7. The van der Waals surface area contributed by atoms with E-state index < -0.39 is 6.16 Å². The van der Waals surface area contributed by atoms with E-state index in [9.17, 15) is 4.79 Å². The van der Waals surface area contributed by atoms with Crippen molar-refractivity contribution in [2.45, 2.75) is 6.42 Å². The highest BCUT2D eigenvalue weighted by Crippen LogP contribution is 2.18. The second-order valence-electron chi connectivity index (χ2n) is 3.50. The number of carbonyl (C=O) groups excluding carboxylic acids is 1. The van der Waals surface area contributed by atoms with Crippen molar-refractivity contribution in [1.82, 2.24) is 0 Å². The van der Waals surface area contributed by atoms with E-state index in [1.165, 1.54) is 7.11 Å². The number of hydrogen-bond acceptors (Lipinski definition) is 5. The lowest BCUT2D eigenvalue weighted by atomic mass is 10.1. The molecule has 1 aromatic carbocycles. The predicted octanol–water partition coefficient (Wildman–Crippen LogP) is 2.04. The number of methoxy groups -OCH3 is 2. The Morgan fingerprint density at radius 2 is 1.89 bits per heavy atom. The highest BCUT2D eigenvalue weighted by atomic mass is 16.7. The van der Waals surface area contributed by atoms with E-state index >= 15 is 0 Å². The molecule has 5 heteroatoms. The van der Waals surface area contributed by atoms with Crippen LogP contribution in [-0.4, -0.2) is 40.2 Å². The molecule has 0 aliphatic rings. The molecule has 0 bridgehead atoms. The van der Waals surface area contributed by atoms with Crippen molar-refractivity contribution in [2.24, 2.45) is 0 Å². The van der Waals surface area contributed by atoms with Crippen LogP contribution in [0.4, 0.5) is 4.79 Å². The minimum atomic E-state index is -0.673. The molecule has 0 atom stereocenters. The second kappa shape index (κ2) is 8.36. The Hall–Kier alpha value is -1.75. The molecule has 1 aromatic rings. The van der Waals surface area contributed by atoms with E-state index in [-0.39, 0.29) is 6.61 Å². The summed E-state index contributed by atoms with van der Waals surface area (Å²) in [4.78, 5) is 10.8. The number of para-hydroxylation sites is 1. The normalized spacial score (nSPS) is 9.89. The lowest BCUT2D eigenvalue weighted by Gasteiger charge is -2.11. The van der Waals surface area contributed by atoms with Crippen molar-refractivity contribution in [1.29, 1.82) is 0 Å². The van der Waals surface area contributed by atoms with Crippen molar-refractivity contribution in [2.75, 3.05) is 34.0 Å². The van der Waals surface area contributed by atoms with Gasteiger partial charge in [0.1, 0.15) is 12.4 Å². The van der Waals surface area contributed by atoms with Gasteiger partial charge in [-0.05, 0) is 11.6 Å². The van der Waals surface area contributed by atoms with E-state index in [0.29, 0.717) is 19.6 Å². The largest absolute Gasteiger partial charge is 0.507 e. The molecule has 18 heavy (non-hydrogen) atoms. The van der Waals surface area contributed by atoms with Gasteiger partial charge in [-0.3, -0.25) is 0 Å². The fourth-order valence-electron chi connectivity index (χ4n) is 1.39. The van der Waals surface area contributed by atoms with Gasteiger partial charge in [-0.25, -0.2) is 4.79 Å². The highest BCUT2D eigenvalue weighted by Gasteiger charge is 2.05. The minimum absolute atomic E-state index is 0.261. The SMILES string of the molecule is COCCOc1ccccc1CCOC(=O)OC. The maximum atomic E-state index is 10.8. The van der Waals surface area contributed by atoms with Gasteiger partial charge >= 0.3 is 6.16 Å². The van der Waals surface area contributed by atoms with Crippen LogP contribution < -0.4 is 4.74 Å². The maximum absolute atomic E-state index is 10.8. The van der Waals surface area contributed by atoms with Crippen molar-refractivity contribution >= 4 is 6.16 Å². The minimum Gasteiger partial charge on any atom is -0.491 e. The zero-order valence-corrected chi connectivity index (χ0v) is 10.7. The zero-order chi connectivity index (χ0) is 13.2. The topological polar surface area (TPSA) is 54.0 Å². The van der Waals surface area contributed by atoms with Crippen LogP contribution in [0.25, 0.3) is 0 Å². The third-order valence-corrected chi connectivity index (χ3v) is 2.28. The van der Waals surface area contributed by atoms with Gasteiger partial charge < -0.3 is 18.9 Å². The van der Waals surface area contributed by atoms with E-state index in [2.05, 4.69) is 4.74 Å². The fourth-order valence-corrected chi connectivity index (χ4v) is 1.39. The number of hydrogen-bond donors (Lipinski definition) is 0. The van der Waals surface area contributed by atoms with Gasteiger partial charge in [-0.15, -0.1) is 0 Å². The summed E-state index contributed by atoms with van der Waals surface area (Å²) in [6, 6.07) is 7.62. The summed E-state index contributed by atoms with van der Waals surface area (Å²) in [6.45, 7) is 1.29. The van der Waals surface area contributed by atoms with Gasteiger partial charge in [-0.1, -0.05) is 18.2 Å². The van der Waals surface area contributed by atoms with Crippen LogP contribution in [0.15, 0.2) is 24.3 Å². The summed E-state index contributed by atoms with van der Waals surface area (Å²) in [6.07, 6.45) is -0.0917. The molecular weight excluding hydrogens is 236 g/mol. The molecule has 100 valence electrons. The monoisotopic (exact) mass is 254 g/mol. The number of ether oxygens (including phenoxy) is 4. The first kappa shape index (κ1) is 14.3. The fraction of sp³-hybridized carbons (Fsp3) is 0.462. The van der Waals surface area contributed by atoms with Crippen molar-refractivity contribution in [3.8, 4) is 5.75 Å². The van der Waals surface area contributed by atoms with E-state index in [0.717, 1.165) is 11.3 Å². The van der Waals surface area contributed by atoms with Crippen LogP contribution in [0.5, 0.6) is 5.75 Å². The molecule has 1 rings (SSSR count). The smallest absolute Gasteiger partial charge is 0.491 e. The van der Waals surface area contributed by atoms with Crippen LogP contribution in [0.2, 0.25) is 0 Å². The van der Waals surface area contributed by atoms with Gasteiger partial charge in [0.05, 0.1) is 20.3 Å². The summed E-state index contributed by atoms with van der Waals surface area (Å²) >= 11 is 0. The van der Waals surface area contributed by atoms with Crippen molar-refractivity contribution in [3.63, 3.8) is 0 Å². The summed E-state index contributed by atoms with van der Waals surface area (Å²) in [7, 11) is 2.91. The number of benzene rings is 1. The highest BCUT2D eigenvalue weighted by molar-refractivity contribution is 5.59. The molecule has 0 radical (unpaired) electrons. The standard InChI is InChI=1S/C13H18O5/c1-15-9-10-17-12-6-4-3-5-11(12)7-8-18-13(14)16-2/h3-6H,7-10H2,1-2H3. The lowest BCUT2D eigenvalue weighted by molar-refractivity contribution is 0.0734. The number of rotatable bonds is 7. The molecule has 0 saturated carbocycles. The molecular formula is C13H18O5. The quantitative estimate of drug-likeness (QED) is 0.550. The van der Waals surface area contributed by atoms with Crippen LogP contribution in [-0.2, 0) is 20.6 Å². The lowest BCUT2D eigenvalue weighted by Crippen LogP contribution is -2.09. The summed E-state index contributed by atoms with van der Waals surface area (Å²) in [5, 5.41) is 0. The molecule has 0 unspecified atom stereocenters. The Balaban J connectivity index is 2.45. The van der Waals surface area contributed by atoms with Gasteiger partial charge in [0.25, 0.3) is 0 Å². The molecule has 0 spiro atoms. The molecule has 0 aliphatic carbocycles. The Kier molecular flexibility index (Phi) is 6.64. The van der Waals surface area contributed by atoms with Gasteiger partial charge in [0.15, 0.2) is 0 Å². The molecule has 0 heterocycles. The first-order chi connectivity index (χ1) is 8.77. The average Bonchev–Trinajstić information content (AvgIpc) is 2.40. The third kappa shape index (κ3) is 5.05. The number of carbonyl (C=O) groups is 1. The van der Waals surface area contributed by atoms with Crippen molar-refractivity contribution < 1.29 is 23.7 Å². The molecule has 0 aliphatic heterocycles. The van der Waals surface area contributed by atoms with Crippen molar-refractivity contribution in [3.05, 3.63) is 29.8 Å². The molecule has 0 amide bonds. The van der Waals surface area contributed by atoms with Crippen LogP contribution in [0, 0.1) is 0 Å². The van der Waals surface area contributed by atoms with Crippen LogP contribution in [0.3, 0.4) is 0 Å². The summed E-state index contributed by atoms with van der Waals surface area (Å²) < 4.78 is 19.7. The Morgan fingerprint density at radius 1 is 1.11 bits per heavy atom. The first-order valence-electron chi connectivity index (χ1n) is 5.68. The predicted molar refractivity (Wildman–Crippen MR) is 65.9 cm³/mol. The Labute approximate surface area is 107 Å². The van der Waals surface area contributed by atoms with E-state index in [4.69, 9.17) is 14.2 Å². The second-order valence-corrected chi connectivity index (χ2v) is 3.50. The average molecular weight is 254 g/mol. The van der Waals surface area contributed by atoms with E-state index in [1.807, 2.05) is 24.3 Å². The molecule has 0 saturated heterocycles. The first-order valence-corrected chi connectivity index (χ1v) is 5.68. The molecule has 0 aromatic heterocycles.